The van der Waals surface area contributed by atoms with E-state index >= 15 is 0 Å². The zero-order valence-corrected chi connectivity index (χ0v) is 15.7. The lowest BCUT2D eigenvalue weighted by Gasteiger charge is -2.31. The van der Waals surface area contributed by atoms with E-state index in [9.17, 15) is 4.79 Å². The van der Waals surface area contributed by atoms with Gasteiger partial charge in [0.15, 0.2) is 0 Å². The molecule has 2 aromatic carbocycles. The molecule has 1 aliphatic rings. The summed E-state index contributed by atoms with van der Waals surface area (Å²) in [5.74, 6) is 0.185. The third-order valence-corrected chi connectivity index (χ3v) is 5.27. The molecule has 1 aliphatic heterocycles. The number of carbonyl (C=O) groups excluding carboxylic acids is 1. The van der Waals surface area contributed by atoms with Crippen LogP contribution < -0.4 is 5.32 Å². The second-order valence-electron chi connectivity index (χ2n) is 7.14. The van der Waals surface area contributed by atoms with Crippen LogP contribution in [0.3, 0.4) is 0 Å². The van der Waals surface area contributed by atoms with Crippen molar-refractivity contribution in [1.82, 2.24) is 25.1 Å². The van der Waals surface area contributed by atoms with Gasteiger partial charge in [-0.1, -0.05) is 30.3 Å². The van der Waals surface area contributed by atoms with Crippen molar-refractivity contribution in [1.29, 1.82) is 0 Å². The minimum atomic E-state index is 0.0761. The number of nitrogens with one attached hydrogen (secondary N) is 1. The number of anilines is 1. The highest BCUT2D eigenvalue weighted by atomic mass is 16.1. The van der Waals surface area contributed by atoms with Crippen LogP contribution in [0.1, 0.15) is 18.4 Å². The summed E-state index contributed by atoms with van der Waals surface area (Å²) in [5.41, 5.74) is 3.02. The molecule has 28 heavy (non-hydrogen) atoms. The van der Waals surface area contributed by atoms with Gasteiger partial charge in [-0.25, -0.2) is 4.68 Å². The molecule has 144 valence electrons. The number of amides is 1. The molecule has 0 spiro atoms. The molecule has 0 saturated carbocycles. The largest absolute Gasteiger partial charge is 0.326 e. The van der Waals surface area contributed by atoms with Crippen molar-refractivity contribution in [2.75, 3.05) is 25.0 Å². The predicted octanol–water partition coefficient (Wildman–Crippen LogP) is 2.56. The lowest BCUT2D eigenvalue weighted by Crippen LogP contribution is -2.39. The molecule has 1 aromatic heterocycles. The second-order valence-corrected chi connectivity index (χ2v) is 7.14. The molecule has 1 amide bonds. The molecule has 0 unspecified atom stereocenters. The average molecular weight is 376 g/mol. The summed E-state index contributed by atoms with van der Waals surface area (Å²) in [6.07, 6.45) is 4.41. The summed E-state index contributed by atoms with van der Waals surface area (Å²) in [5, 5.41) is 14.1. The fourth-order valence-electron chi connectivity index (χ4n) is 3.57. The first-order valence-electron chi connectivity index (χ1n) is 9.68. The van der Waals surface area contributed by atoms with Crippen molar-refractivity contribution in [3.8, 4) is 5.69 Å². The van der Waals surface area contributed by atoms with Crippen molar-refractivity contribution in [2.24, 2.45) is 5.92 Å². The molecule has 0 atom stereocenters. The van der Waals surface area contributed by atoms with Gasteiger partial charge in [-0.05, 0) is 72.6 Å². The van der Waals surface area contributed by atoms with E-state index in [1.165, 1.54) is 5.56 Å². The second kappa shape index (κ2) is 8.75. The number of benzene rings is 2. The number of piperidine rings is 1. The minimum Gasteiger partial charge on any atom is -0.326 e. The first kappa shape index (κ1) is 18.3. The predicted molar refractivity (Wildman–Crippen MR) is 107 cm³/mol. The maximum atomic E-state index is 12.6. The zero-order valence-electron chi connectivity index (χ0n) is 15.7. The van der Waals surface area contributed by atoms with Crippen molar-refractivity contribution in [3.05, 3.63) is 66.5 Å². The summed E-state index contributed by atoms with van der Waals surface area (Å²) in [7, 11) is 0. The molecule has 7 heteroatoms. The van der Waals surface area contributed by atoms with Crippen LogP contribution in [0.15, 0.2) is 60.9 Å². The average Bonchev–Trinajstić information content (AvgIpc) is 3.29. The van der Waals surface area contributed by atoms with Gasteiger partial charge in [0.05, 0.1) is 5.69 Å². The summed E-state index contributed by atoms with van der Waals surface area (Å²) in [6, 6.07) is 18.1. The van der Waals surface area contributed by atoms with E-state index < -0.39 is 0 Å². The molecule has 1 saturated heterocycles. The van der Waals surface area contributed by atoms with E-state index in [4.69, 9.17) is 0 Å². The Morgan fingerprint density at radius 1 is 1.04 bits per heavy atom. The zero-order chi connectivity index (χ0) is 19.2. The highest BCUT2D eigenvalue weighted by Crippen LogP contribution is 2.20. The van der Waals surface area contributed by atoms with Crippen LogP contribution in [-0.4, -0.2) is 50.6 Å². The van der Waals surface area contributed by atoms with Crippen molar-refractivity contribution in [3.63, 3.8) is 0 Å². The maximum absolute atomic E-state index is 12.6. The fourth-order valence-corrected chi connectivity index (χ4v) is 3.57. The smallest absolute Gasteiger partial charge is 0.227 e. The first-order chi connectivity index (χ1) is 13.8. The Hall–Kier alpha value is -3.06. The van der Waals surface area contributed by atoms with Gasteiger partial charge in [0.25, 0.3) is 0 Å². The molecule has 0 bridgehead atoms. The fraction of sp³-hybridized carbons (Fsp3) is 0.333. The van der Waals surface area contributed by atoms with Crippen LogP contribution in [0.25, 0.3) is 5.69 Å². The Kier molecular flexibility index (Phi) is 5.72. The Labute approximate surface area is 164 Å². The quantitative estimate of drug-likeness (QED) is 0.716. The third-order valence-electron chi connectivity index (χ3n) is 5.27. The van der Waals surface area contributed by atoms with Gasteiger partial charge >= 0.3 is 0 Å². The van der Waals surface area contributed by atoms with Crippen LogP contribution >= 0.6 is 0 Å². The van der Waals surface area contributed by atoms with Gasteiger partial charge in [-0.2, -0.15) is 0 Å². The highest BCUT2D eigenvalue weighted by molar-refractivity contribution is 5.92. The summed E-state index contributed by atoms with van der Waals surface area (Å²) < 4.78 is 1.58. The molecule has 0 aliphatic carbocycles. The number of nitrogens with zero attached hydrogens (tertiary/aromatic N) is 5. The van der Waals surface area contributed by atoms with E-state index in [0.29, 0.717) is 0 Å². The Morgan fingerprint density at radius 2 is 1.79 bits per heavy atom. The molecular weight excluding hydrogens is 352 g/mol. The number of hydrogen-bond acceptors (Lipinski definition) is 5. The molecular formula is C21H24N6O. The van der Waals surface area contributed by atoms with Gasteiger partial charge in [0.1, 0.15) is 6.33 Å². The van der Waals surface area contributed by atoms with Crippen LogP contribution in [-0.2, 0) is 11.2 Å². The molecule has 2 heterocycles. The lowest BCUT2D eigenvalue weighted by atomic mass is 9.95. The SMILES string of the molecule is O=C(Nc1ccc(-n2cnnn2)cc1)C1CCN(CCc2ccccc2)CC1. The Balaban J connectivity index is 1.24. The highest BCUT2D eigenvalue weighted by Gasteiger charge is 2.24. The van der Waals surface area contributed by atoms with Crippen molar-refractivity contribution in [2.45, 2.75) is 19.3 Å². The van der Waals surface area contributed by atoms with Crippen molar-refractivity contribution >= 4 is 11.6 Å². The van der Waals surface area contributed by atoms with Crippen LogP contribution in [0, 0.1) is 5.92 Å². The van der Waals surface area contributed by atoms with E-state index in [1.807, 2.05) is 30.3 Å². The van der Waals surface area contributed by atoms with E-state index in [0.717, 1.165) is 50.3 Å². The standard InChI is InChI=1S/C21H24N6O/c28-21(23-19-6-8-20(9-7-19)27-16-22-24-25-27)18-11-14-26(15-12-18)13-10-17-4-2-1-3-5-17/h1-9,16,18H,10-15H2,(H,23,28). The summed E-state index contributed by atoms with van der Waals surface area (Å²) in [6.45, 7) is 3.00. The number of carbonyl (C=O) groups is 1. The number of tetrazole rings is 1. The van der Waals surface area contributed by atoms with Crippen molar-refractivity contribution < 1.29 is 4.79 Å². The van der Waals surface area contributed by atoms with Crippen LogP contribution in [0.2, 0.25) is 0 Å². The van der Waals surface area contributed by atoms with Gasteiger partial charge < -0.3 is 10.2 Å². The number of hydrogen-bond donors (Lipinski definition) is 1. The van der Waals surface area contributed by atoms with E-state index in [2.05, 4.69) is 50.0 Å². The monoisotopic (exact) mass is 376 g/mol. The minimum absolute atomic E-state index is 0.0761. The molecule has 1 fully saturated rings. The number of aromatic nitrogens is 4. The van der Waals surface area contributed by atoms with Gasteiger partial charge in [0, 0.05) is 18.2 Å². The van der Waals surface area contributed by atoms with E-state index in [1.54, 1.807) is 11.0 Å². The summed E-state index contributed by atoms with van der Waals surface area (Å²) >= 11 is 0. The van der Waals surface area contributed by atoms with Gasteiger partial charge in [-0.15, -0.1) is 5.10 Å². The van der Waals surface area contributed by atoms with Crippen LogP contribution in [0.5, 0.6) is 0 Å². The molecule has 7 nitrogen and oxygen atoms in total. The third kappa shape index (κ3) is 4.61. The molecule has 4 rings (SSSR count). The molecule has 0 radical (unpaired) electrons. The normalized spacial score (nSPS) is 15.4. The number of likely N-dealkylation sites (tertiary alicyclic amines) is 1. The lowest BCUT2D eigenvalue weighted by molar-refractivity contribution is -0.121. The molecule has 3 aromatic rings. The summed E-state index contributed by atoms with van der Waals surface area (Å²) in [4.78, 5) is 15.1. The van der Waals surface area contributed by atoms with Crippen LogP contribution in [0.4, 0.5) is 5.69 Å². The maximum Gasteiger partial charge on any atom is 0.227 e. The van der Waals surface area contributed by atoms with E-state index in [-0.39, 0.29) is 11.8 Å². The molecule has 1 N–H and O–H groups in total. The Bertz CT molecular complexity index is 871. The number of rotatable bonds is 6. The topological polar surface area (TPSA) is 75.9 Å². The first-order valence-corrected chi connectivity index (χ1v) is 9.68. The van der Waals surface area contributed by atoms with Gasteiger partial charge in [-0.3, -0.25) is 4.79 Å². The Morgan fingerprint density at radius 3 is 2.46 bits per heavy atom. The van der Waals surface area contributed by atoms with Gasteiger partial charge in [0.2, 0.25) is 5.91 Å².